The number of nitrogens with zero attached hydrogens (tertiary/aromatic N) is 2. The average Bonchev–Trinajstić information content (AvgIpc) is 3.50. The zero-order valence-electron chi connectivity index (χ0n) is 31.0. The molecule has 4 aromatic carbocycles. The third-order valence-electron chi connectivity index (χ3n) is 10.0. The predicted molar refractivity (Wildman–Crippen MR) is 210 cm³/mol. The van der Waals surface area contributed by atoms with Crippen molar-refractivity contribution in [3.8, 4) is 11.1 Å². The number of carboxylic acid groups (broad SMARTS) is 1. The summed E-state index contributed by atoms with van der Waals surface area (Å²) in [7, 11) is 0. The minimum absolute atomic E-state index is 0.0329. The van der Waals surface area contributed by atoms with Crippen molar-refractivity contribution in [2.24, 2.45) is 5.92 Å². The van der Waals surface area contributed by atoms with Crippen molar-refractivity contribution >= 4 is 35.6 Å². The second-order valence-corrected chi connectivity index (χ2v) is 14.9. The molecule has 3 amide bonds. The van der Waals surface area contributed by atoms with Crippen LogP contribution in [0.5, 0.6) is 0 Å². The molecule has 0 bridgehead atoms. The van der Waals surface area contributed by atoms with Crippen LogP contribution >= 0.6 is 11.8 Å². The Balaban J connectivity index is 1.06. The molecule has 57 heavy (non-hydrogen) atoms. The SMILES string of the molecule is CC1C(CSc2ncccc2C(=O)O)OC(c2cccc(-c3cccc(CN4C(=O)CC(NC(=O)OCc5ccccc5)C4=O)c3)c2)OC1c1ccc(CO)cc1. The first-order valence-electron chi connectivity index (χ1n) is 18.5. The maximum absolute atomic E-state index is 13.3. The lowest BCUT2D eigenvalue weighted by molar-refractivity contribution is -0.268. The van der Waals surface area contributed by atoms with E-state index in [9.17, 15) is 29.4 Å². The number of likely N-dealkylation sites (tertiary alicyclic amines) is 1. The van der Waals surface area contributed by atoms with Crippen molar-refractivity contribution in [2.75, 3.05) is 5.75 Å². The number of thioether (sulfide) groups is 1. The molecular weight excluding hydrogens is 747 g/mol. The van der Waals surface area contributed by atoms with Crippen molar-refractivity contribution in [1.82, 2.24) is 15.2 Å². The van der Waals surface area contributed by atoms with Crippen LogP contribution < -0.4 is 5.32 Å². The Morgan fingerprint density at radius 2 is 1.60 bits per heavy atom. The van der Waals surface area contributed by atoms with Crippen LogP contribution in [0.1, 0.15) is 63.9 Å². The van der Waals surface area contributed by atoms with Crippen molar-refractivity contribution in [3.63, 3.8) is 0 Å². The van der Waals surface area contributed by atoms with Gasteiger partial charge in [-0.15, -0.1) is 11.8 Å². The van der Waals surface area contributed by atoms with Gasteiger partial charge in [-0.25, -0.2) is 14.6 Å². The van der Waals surface area contributed by atoms with Crippen LogP contribution in [0.15, 0.2) is 126 Å². The molecule has 12 nitrogen and oxygen atoms in total. The number of hydrogen-bond donors (Lipinski definition) is 3. The van der Waals surface area contributed by atoms with Gasteiger partial charge in [0.2, 0.25) is 5.91 Å². The van der Waals surface area contributed by atoms with Crippen LogP contribution in [0.4, 0.5) is 4.79 Å². The number of carbonyl (C=O) groups excluding carboxylic acids is 3. The number of hydrogen-bond acceptors (Lipinski definition) is 10. The number of aromatic carboxylic acids is 1. The zero-order chi connectivity index (χ0) is 39.9. The van der Waals surface area contributed by atoms with E-state index in [2.05, 4.69) is 10.3 Å². The Kier molecular flexibility index (Phi) is 12.4. The highest BCUT2D eigenvalue weighted by Crippen LogP contribution is 2.43. The van der Waals surface area contributed by atoms with E-state index in [0.29, 0.717) is 10.8 Å². The summed E-state index contributed by atoms with van der Waals surface area (Å²) in [5.74, 6) is -1.65. The van der Waals surface area contributed by atoms with Crippen LogP contribution in [0, 0.1) is 5.92 Å². The lowest BCUT2D eigenvalue weighted by Gasteiger charge is -2.41. The molecule has 0 aliphatic carbocycles. The average molecular weight is 788 g/mol. The zero-order valence-corrected chi connectivity index (χ0v) is 31.8. The van der Waals surface area contributed by atoms with E-state index in [1.165, 1.54) is 17.8 Å². The maximum Gasteiger partial charge on any atom is 0.408 e. The molecule has 0 spiro atoms. The number of carbonyl (C=O) groups is 4. The summed E-state index contributed by atoms with van der Waals surface area (Å²) < 4.78 is 18.5. The number of carboxylic acids is 1. The normalized spacial score (nSPS) is 20.7. The van der Waals surface area contributed by atoms with Gasteiger partial charge in [0.05, 0.1) is 37.3 Å². The number of aliphatic hydroxyl groups is 1. The van der Waals surface area contributed by atoms with Crippen LogP contribution in [-0.4, -0.2) is 61.9 Å². The highest BCUT2D eigenvalue weighted by atomic mass is 32.2. The summed E-state index contributed by atoms with van der Waals surface area (Å²) >= 11 is 1.32. The second kappa shape index (κ2) is 17.9. The Morgan fingerprint density at radius 3 is 2.35 bits per heavy atom. The third kappa shape index (κ3) is 9.41. The molecule has 2 aliphatic rings. The summed E-state index contributed by atoms with van der Waals surface area (Å²) in [6.07, 6.45) is -0.868. The molecule has 5 atom stereocenters. The fourth-order valence-corrected chi connectivity index (χ4v) is 8.06. The number of rotatable bonds is 13. The van der Waals surface area contributed by atoms with E-state index in [4.69, 9.17) is 14.2 Å². The van der Waals surface area contributed by atoms with Gasteiger partial charge in [-0.1, -0.05) is 97.9 Å². The molecule has 1 aromatic heterocycles. The molecule has 0 saturated carbocycles. The Morgan fingerprint density at radius 1 is 0.860 bits per heavy atom. The molecule has 3 heterocycles. The Hall–Kier alpha value is -5.86. The van der Waals surface area contributed by atoms with Gasteiger partial charge in [-0.3, -0.25) is 14.5 Å². The van der Waals surface area contributed by atoms with Crippen molar-refractivity contribution in [1.29, 1.82) is 0 Å². The largest absolute Gasteiger partial charge is 0.478 e. The molecular formula is C44H41N3O9S. The monoisotopic (exact) mass is 787 g/mol. The number of aliphatic hydroxyl groups excluding tert-OH is 1. The van der Waals surface area contributed by atoms with Crippen LogP contribution in [-0.2, 0) is 43.6 Å². The number of aromatic nitrogens is 1. The third-order valence-corrected chi connectivity index (χ3v) is 11.1. The van der Waals surface area contributed by atoms with Crippen molar-refractivity contribution in [3.05, 3.63) is 155 Å². The van der Waals surface area contributed by atoms with E-state index in [-0.39, 0.29) is 49.9 Å². The fraction of sp³-hybridized carbons (Fsp3) is 0.250. The van der Waals surface area contributed by atoms with Gasteiger partial charge in [-0.2, -0.15) is 0 Å². The molecule has 2 saturated heterocycles. The lowest BCUT2D eigenvalue weighted by atomic mass is 9.91. The van der Waals surface area contributed by atoms with Crippen LogP contribution in [0.2, 0.25) is 0 Å². The fourth-order valence-electron chi connectivity index (χ4n) is 6.91. The standard InChI is InChI=1S/C44H41N3O9S/c1-27-37(26-57-40-35(42(51)52)14-7-19-45-40)55-43(56-39(27)31-17-15-28(24-48)16-18-31)34-13-6-12-33(21-34)32-11-5-10-30(20-32)23-47-38(49)22-36(41(47)50)46-44(53)54-25-29-8-3-2-4-9-29/h2-21,27,36-37,39,43,48H,22-26H2,1H3,(H,46,53)(H,51,52). The smallest absolute Gasteiger partial charge is 0.408 e. The first-order chi connectivity index (χ1) is 27.7. The van der Waals surface area contributed by atoms with E-state index in [1.54, 1.807) is 12.3 Å². The Bertz CT molecular complexity index is 2240. The quantitative estimate of drug-likeness (QED) is 0.0826. The summed E-state index contributed by atoms with van der Waals surface area (Å²) in [4.78, 5) is 56.0. The number of imide groups is 1. The van der Waals surface area contributed by atoms with E-state index in [0.717, 1.165) is 43.8 Å². The van der Waals surface area contributed by atoms with Gasteiger partial charge in [0.25, 0.3) is 5.91 Å². The molecule has 0 radical (unpaired) electrons. The van der Waals surface area contributed by atoms with Crippen LogP contribution in [0.3, 0.4) is 0 Å². The minimum atomic E-state index is -1.05. The molecule has 2 fully saturated rings. The number of nitrogens with one attached hydrogen (secondary N) is 1. The highest BCUT2D eigenvalue weighted by Gasteiger charge is 2.40. The van der Waals surface area contributed by atoms with E-state index >= 15 is 0 Å². The van der Waals surface area contributed by atoms with Crippen LogP contribution in [0.25, 0.3) is 11.1 Å². The van der Waals surface area contributed by atoms with Gasteiger partial charge in [-0.05, 0) is 57.6 Å². The van der Waals surface area contributed by atoms with Gasteiger partial charge in [0.1, 0.15) is 17.7 Å². The number of pyridine rings is 1. The first-order valence-corrected chi connectivity index (χ1v) is 19.5. The summed E-state index contributed by atoms with van der Waals surface area (Å²) in [6.45, 7) is 2.03. The molecule has 292 valence electrons. The second-order valence-electron chi connectivity index (χ2n) is 13.9. The van der Waals surface area contributed by atoms with Gasteiger partial charge in [0, 0.05) is 23.4 Å². The molecule has 7 rings (SSSR count). The molecule has 2 aliphatic heterocycles. The summed E-state index contributed by atoms with van der Waals surface area (Å²) in [6, 6.07) is 34.2. The molecule has 13 heteroatoms. The predicted octanol–water partition coefficient (Wildman–Crippen LogP) is 7.08. The number of amides is 3. The molecule has 3 N–H and O–H groups in total. The van der Waals surface area contributed by atoms with E-state index < -0.39 is 36.2 Å². The molecule has 5 unspecified atom stereocenters. The summed E-state index contributed by atoms with van der Waals surface area (Å²) in [5, 5.41) is 22.3. The summed E-state index contributed by atoms with van der Waals surface area (Å²) in [5.41, 5.74) is 5.81. The maximum atomic E-state index is 13.3. The van der Waals surface area contributed by atoms with Gasteiger partial charge >= 0.3 is 12.1 Å². The lowest BCUT2D eigenvalue weighted by Crippen LogP contribution is -2.41. The van der Waals surface area contributed by atoms with E-state index in [1.807, 2.05) is 110 Å². The highest BCUT2D eigenvalue weighted by molar-refractivity contribution is 7.99. The number of ether oxygens (including phenoxy) is 3. The minimum Gasteiger partial charge on any atom is -0.478 e. The number of alkyl carbamates (subject to hydrolysis) is 1. The first kappa shape index (κ1) is 39.4. The topological polar surface area (TPSA) is 165 Å². The van der Waals surface area contributed by atoms with Gasteiger partial charge in [0.15, 0.2) is 6.29 Å². The van der Waals surface area contributed by atoms with Crippen molar-refractivity contribution < 1.29 is 43.6 Å². The number of benzene rings is 4. The Labute approximate surface area is 333 Å². The molecule has 5 aromatic rings. The van der Waals surface area contributed by atoms with Crippen molar-refractivity contribution in [2.45, 2.75) is 62.7 Å². The van der Waals surface area contributed by atoms with Gasteiger partial charge < -0.3 is 29.7 Å².